The van der Waals surface area contributed by atoms with Gasteiger partial charge in [0.2, 0.25) is 0 Å². The number of anilines is 1. The third kappa shape index (κ3) is 2.44. The average molecular weight is 296 g/mol. The number of benzene rings is 3. The van der Waals surface area contributed by atoms with Gasteiger partial charge in [-0.2, -0.15) is 0 Å². The minimum absolute atomic E-state index is 0.780. The van der Waals surface area contributed by atoms with Crippen molar-refractivity contribution in [2.75, 3.05) is 5.73 Å². The molecule has 2 N–H and O–H groups in total. The maximum atomic E-state index is 6.21. The number of nitrogens with two attached hydrogens (primary N) is 1. The Balaban J connectivity index is 2.04. The fraction of sp³-hybridized carbons (Fsp3) is 0. The Morgan fingerprint density at radius 2 is 1.35 bits per heavy atom. The van der Waals surface area contributed by atoms with Crippen molar-refractivity contribution in [3.05, 3.63) is 84.9 Å². The molecule has 0 aliphatic rings. The Labute approximate surface area is 135 Å². The average Bonchev–Trinajstić information content (AvgIpc) is 2.62. The van der Waals surface area contributed by atoms with Gasteiger partial charge in [0, 0.05) is 22.2 Å². The highest BCUT2D eigenvalue weighted by atomic mass is 14.7. The summed E-state index contributed by atoms with van der Waals surface area (Å²) in [6, 6.07) is 28.5. The molecular formula is C21H16N2. The lowest BCUT2D eigenvalue weighted by Crippen LogP contribution is -1.93. The molecule has 0 bridgehead atoms. The van der Waals surface area contributed by atoms with Gasteiger partial charge in [0.1, 0.15) is 0 Å². The van der Waals surface area contributed by atoms with Crippen molar-refractivity contribution >= 4 is 16.6 Å². The Morgan fingerprint density at radius 3 is 2.17 bits per heavy atom. The van der Waals surface area contributed by atoms with Gasteiger partial charge in [-0.1, -0.05) is 66.7 Å². The molecule has 0 fully saturated rings. The number of fused-ring (bicyclic) bond motifs is 1. The third-order valence-electron chi connectivity index (χ3n) is 4.04. The van der Waals surface area contributed by atoms with Crippen molar-refractivity contribution in [2.24, 2.45) is 0 Å². The van der Waals surface area contributed by atoms with Crippen molar-refractivity contribution in [1.29, 1.82) is 0 Å². The van der Waals surface area contributed by atoms with E-state index in [0.717, 1.165) is 39.0 Å². The highest BCUT2D eigenvalue weighted by molar-refractivity contribution is 5.99. The summed E-state index contributed by atoms with van der Waals surface area (Å²) in [7, 11) is 0. The van der Waals surface area contributed by atoms with Crippen molar-refractivity contribution in [3.8, 4) is 22.4 Å². The second-order valence-corrected chi connectivity index (χ2v) is 5.53. The van der Waals surface area contributed by atoms with Crippen LogP contribution in [0.4, 0.5) is 5.69 Å². The molecule has 110 valence electrons. The molecule has 0 amide bonds. The van der Waals surface area contributed by atoms with Crippen LogP contribution in [0.2, 0.25) is 0 Å². The van der Waals surface area contributed by atoms with Gasteiger partial charge in [0.15, 0.2) is 0 Å². The predicted octanol–water partition coefficient (Wildman–Crippen LogP) is 5.15. The van der Waals surface area contributed by atoms with E-state index in [1.807, 2.05) is 54.6 Å². The quantitative estimate of drug-likeness (QED) is 0.519. The smallest absolute Gasteiger partial charge is 0.0715 e. The number of nitrogen functional groups attached to an aromatic ring is 1. The molecule has 1 heterocycles. The molecule has 0 aliphatic carbocycles. The highest BCUT2D eigenvalue weighted by Gasteiger charge is 2.10. The fourth-order valence-corrected chi connectivity index (χ4v) is 2.90. The maximum Gasteiger partial charge on any atom is 0.0715 e. The summed E-state index contributed by atoms with van der Waals surface area (Å²) in [6.45, 7) is 0. The molecule has 0 atom stereocenters. The van der Waals surface area contributed by atoms with E-state index in [2.05, 4.69) is 30.3 Å². The van der Waals surface area contributed by atoms with Gasteiger partial charge in [-0.15, -0.1) is 0 Å². The topological polar surface area (TPSA) is 38.9 Å². The summed E-state index contributed by atoms with van der Waals surface area (Å²) in [5.74, 6) is 0. The van der Waals surface area contributed by atoms with E-state index in [-0.39, 0.29) is 0 Å². The Bertz CT molecular complexity index is 975. The second kappa shape index (κ2) is 5.58. The lowest BCUT2D eigenvalue weighted by Gasteiger charge is -2.12. The molecule has 0 radical (unpaired) electrons. The molecule has 0 saturated carbocycles. The Kier molecular flexibility index (Phi) is 3.28. The predicted molar refractivity (Wildman–Crippen MR) is 97.0 cm³/mol. The molecule has 0 aliphatic heterocycles. The first-order valence-corrected chi connectivity index (χ1v) is 7.63. The zero-order chi connectivity index (χ0) is 15.6. The zero-order valence-electron chi connectivity index (χ0n) is 12.6. The molecule has 0 unspecified atom stereocenters. The van der Waals surface area contributed by atoms with E-state index in [0.29, 0.717) is 0 Å². The van der Waals surface area contributed by atoms with Gasteiger partial charge in [-0.3, -0.25) is 0 Å². The van der Waals surface area contributed by atoms with Crippen LogP contribution in [-0.2, 0) is 0 Å². The van der Waals surface area contributed by atoms with Crippen LogP contribution in [0.3, 0.4) is 0 Å². The maximum absolute atomic E-state index is 6.21. The lowest BCUT2D eigenvalue weighted by molar-refractivity contribution is 1.40. The largest absolute Gasteiger partial charge is 0.398 e. The van der Waals surface area contributed by atoms with E-state index in [1.165, 1.54) is 0 Å². The van der Waals surface area contributed by atoms with Crippen LogP contribution >= 0.6 is 0 Å². The second-order valence-electron chi connectivity index (χ2n) is 5.53. The van der Waals surface area contributed by atoms with Crippen molar-refractivity contribution < 1.29 is 0 Å². The molecule has 0 spiro atoms. The number of para-hydroxylation sites is 2. The van der Waals surface area contributed by atoms with E-state index >= 15 is 0 Å². The molecule has 2 nitrogen and oxygen atoms in total. The molecule has 3 aromatic carbocycles. The highest BCUT2D eigenvalue weighted by Crippen LogP contribution is 2.34. The summed E-state index contributed by atoms with van der Waals surface area (Å²) in [5, 5.41) is 1.12. The van der Waals surface area contributed by atoms with E-state index in [1.54, 1.807) is 0 Å². The van der Waals surface area contributed by atoms with Crippen LogP contribution in [0.25, 0.3) is 33.3 Å². The van der Waals surface area contributed by atoms with Gasteiger partial charge in [0.05, 0.1) is 11.2 Å². The number of nitrogens with zero attached hydrogens (tertiary/aromatic N) is 1. The fourth-order valence-electron chi connectivity index (χ4n) is 2.90. The van der Waals surface area contributed by atoms with Gasteiger partial charge in [0.25, 0.3) is 0 Å². The SMILES string of the molecule is Nc1ccccc1-c1cc(-c2ccccc2)nc2ccccc12. The number of aromatic nitrogens is 1. The number of rotatable bonds is 2. The summed E-state index contributed by atoms with van der Waals surface area (Å²) in [6.07, 6.45) is 0. The first kappa shape index (κ1) is 13.5. The van der Waals surface area contributed by atoms with Gasteiger partial charge < -0.3 is 5.73 Å². The van der Waals surface area contributed by atoms with Gasteiger partial charge in [-0.25, -0.2) is 4.98 Å². The van der Waals surface area contributed by atoms with Gasteiger partial charge >= 0.3 is 0 Å². The van der Waals surface area contributed by atoms with E-state index in [4.69, 9.17) is 10.7 Å². The minimum atomic E-state index is 0.780. The zero-order valence-corrected chi connectivity index (χ0v) is 12.6. The number of hydrogen-bond acceptors (Lipinski definition) is 2. The monoisotopic (exact) mass is 296 g/mol. The molecule has 1 aromatic heterocycles. The molecule has 4 aromatic rings. The van der Waals surface area contributed by atoms with Crippen molar-refractivity contribution in [1.82, 2.24) is 4.98 Å². The minimum Gasteiger partial charge on any atom is -0.398 e. The van der Waals surface area contributed by atoms with Crippen LogP contribution in [0.5, 0.6) is 0 Å². The molecule has 23 heavy (non-hydrogen) atoms. The molecular weight excluding hydrogens is 280 g/mol. The summed E-state index contributed by atoms with van der Waals surface area (Å²) < 4.78 is 0. The standard InChI is InChI=1S/C21H16N2/c22-19-12-6-4-10-16(19)18-14-21(15-8-2-1-3-9-15)23-20-13-7-5-11-17(18)20/h1-14H,22H2. The Morgan fingerprint density at radius 1 is 0.652 bits per heavy atom. The first-order chi connectivity index (χ1) is 11.3. The van der Waals surface area contributed by atoms with Crippen LogP contribution in [0, 0.1) is 0 Å². The van der Waals surface area contributed by atoms with Gasteiger partial charge in [-0.05, 0) is 23.8 Å². The molecule has 2 heteroatoms. The lowest BCUT2D eigenvalue weighted by atomic mass is 9.97. The first-order valence-electron chi connectivity index (χ1n) is 7.63. The molecule has 4 rings (SSSR count). The van der Waals surface area contributed by atoms with Crippen molar-refractivity contribution in [2.45, 2.75) is 0 Å². The van der Waals surface area contributed by atoms with Crippen LogP contribution in [-0.4, -0.2) is 4.98 Å². The summed E-state index contributed by atoms with van der Waals surface area (Å²) in [4.78, 5) is 4.82. The summed E-state index contributed by atoms with van der Waals surface area (Å²) in [5.41, 5.74) is 12.2. The van der Waals surface area contributed by atoms with Crippen LogP contribution in [0.1, 0.15) is 0 Å². The van der Waals surface area contributed by atoms with E-state index in [9.17, 15) is 0 Å². The number of pyridine rings is 1. The van der Waals surface area contributed by atoms with E-state index < -0.39 is 0 Å². The van der Waals surface area contributed by atoms with Crippen LogP contribution in [0.15, 0.2) is 84.9 Å². The molecule has 0 saturated heterocycles. The third-order valence-corrected chi connectivity index (χ3v) is 4.04. The normalized spacial score (nSPS) is 10.8. The van der Waals surface area contributed by atoms with Crippen LogP contribution < -0.4 is 5.73 Å². The Hall–Kier alpha value is -3.13. The summed E-state index contributed by atoms with van der Waals surface area (Å²) >= 11 is 0. The van der Waals surface area contributed by atoms with Crippen molar-refractivity contribution in [3.63, 3.8) is 0 Å². The number of hydrogen-bond donors (Lipinski definition) is 1.